The largest absolute Gasteiger partial charge is 0.480 e. The highest BCUT2D eigenvalue weighted by molar-refractivity contribution is 5.82. The van der Waals surface area contributed by atoms with Gasteiger partial charge in [0.25, 0.3) is 0 Å². The second-order valence-electron chi connectivity index (χ2n) is 4.72. The minimum Gasteiger partial charge on any atom is -0.480 e. The van der Waals surface area contributed by atoms with Gasteiger partial charge in [-0.25, -0.2) is 4.79 Å². The number of piperidine rings is 1. The number of urea groups is 1. The number of rotatable bonds is 3. The summed E-state index contributed by atoms with van der Waals surface area (Å²) in [7, 11) is 3.98. The molecule has 17 heavy (non-hydrogen) atoms. The summed E-state index contributed by atoms with van der Waals surface area (Å²) in [6.45, 7) is 2.82. The van der Waals surface area contributed by atoms with Crippen LogP contribution in [0, 0.1) is 0 Å². The van der Waals surface area contributed by atoms with Crippen molar-refractivity contribution in [1.82, 2.24) is 15.1 Å². The lowest BCUT2D eigenvalue weighted by Crippen LogP contribution is -2.53. The lowest BCUT2D eigenvalue weighted by atomic mass is 10.1. The Morgan fingerprint density at radius 3 is 2.65 bits per heavy atom. The molecule has 2 N–H and O–H groups in total. The highest BCUT2D eigenvalue weighted by Crippen LogP contribution is 2.13. The van der Waals surface area contributed by atoms with Crippen LogP contribution in [0.5, 0.6) is 0 Å². The van der Waals surface area contributed by atoms with Gasteiger partial charge in [-0.1, -0.05) is 0 Å². The van der Waals surface area contributed by atoms with Crippen molar-refractivity contribution in [3.63, 3.8) is 0 Å². The second-order valence-corrected chi connectivity index (χ2v) is 4.72. The van der Waals surface area contributed by atoms with Crippen molar-refractivity contribution >= 4 is 12.0 Å². The van der Waals surface area contributed by atoms with Crippen molar-refractivity contribution in [3.8, 4) is 0 Å². The molecule has 1 aliphatic heterocycles. The molecule has 0 aromatic rings. The number of nitrogens with one attached hydrogen (secondary N) is 1. The zero-order valence-electron chi connectivity index (χ0n) is 10.6. The van der Waals surface area contributed by atoms with Crippen LogP contribution in [0.25, 0.3) is 0 Å². The summed E-state index contributed by atoms with van der Waals surface area (Å²) in [6.07, 6.45) is 2.03. The predicted molar refractivity (Wildman–Crippen MR) is 63.9 cm³/mol. The monoisotopic (exact) mass is 243 g/mol. The maximum absolute atomic E-state index is 11.8. The van der Waals surface area contributed by atoms with Gasteiger partial charge in [0.15, 0.2) is 0 Å². The fraction of sp³-hybridized carbons (Fsp3) is 0.818. The Kier molecular flexibility index (Phi) is 4.74. The number of carbonyl (C=O) groups excluding carboxylic acids is 1. The number of hydrogen-bond donors (Lipinski definition) is 2. The Balaban J connectivity index is 2.49. The van der Waals surface area contributed by atoms with Crippen molar-refractivity contribution in [2.24, 2.45) is 0 Å². The Bertz CT molecular complexity index is 294. The molecule has 1 aliphatic rings. The van der Waals surface area contributed by atoms with Crippen molar-refractivity contribution in [2.75, 3.05) is 27.2 Å². The maximum atomic E-state index is 11.8. The molecule has 1 saturated heterocycles. The quantitative estimate of drug-likeness (QED) is 0.742. The molecular weight excluding hydrogens is 222 g/mol. The van der Waals surface area contributed by atoms with Crippen LogP contribution >= 0.6 is 0 Å². The van der Waals surface area contributed by atoms with E-state index in [1.54, 1.807) is 4.90 Å². The van der Waals surface area contributed by atoms with Gasteiger partial charge in [0.1, 0.15) is 6.04 Å². The first-order valence-electron chi connectivity index (χ1n) is 5.86. The third-order valence-corrected chi connectivity index (χ3v) is 3.12. The first-order chi connectivity index (χ1) is 7.91. The van der Waals surface area contributed by atoms with Crippen molar-refractivity contribution < 1.29 is 14.7 Å². The number of amides is 2. The topological polar surface area (TPSA) is 72.9 Å². The minimum atomic E-state index is -1.01. The van der Waals surface area contributed by atoms with Gasteiger partial charge in [-0.15, -0.1) is 0 Å². The molecule has 0 aliphatic carbocycles. The number of likely N-dealkylation sites (tertiary alicyclic amines) is 1. The lowest BCUT2D eigenvalue weighted by molar-refractivity contribution is -0.138. The van der Waals surface area contributed by atoms with E-state index in [1.807, 2.05) is 14.1 Å². The number of carboxylic acids is 1. The Morgan fingerprint density at radius 1 is 1.47 bits per heavy atom. The highest BCUT2D eigenvalue weighted by atomic mass is 16.4. The normalized spacial score (nSPS) is 22.4. The minimum absolute atomic E-state index is 0.286. The first kappa shape index (κ1) is 13.8. The van der Waals surface area contributed by atoms with Gasteiger partial charge >= 0.3 is 12.0 Å². The summed E-state index contributed by atoms with van der Waals surface area (Å²) in [5.74, 6) is -1.01. The molecule has 6 nitrogen and oxygen atoms in total. The predicted octanol–water partition coefficient (Wildman–Crippen LogP) is 0.195. The number of aliphatic carboxylic acids is 1. The van der Waals surface area contributed by atoms with Gasteiger partial charge in [-0.2, -0.15) is 0 Å². The van der Waals surface area contributed by atoms with Crippen molar-refractivity contribution in [2.45, 2.75) is 31.8 Å². The van der Waals surface area contributed by atoms with Crippen LogP contribution in [-0.4, -0.2) is 66.2 Å². The van der Waals surface area contributed by atoms with Gasteiger partial charge in [0.2, 0.25) is 0 Å². The van der Waals surface area contributed by atoms with E-state index in [-0.39, 0.29) is 6.03 Å². The fourth-order valence-corrected chi connectivity index (χ4v) is 1.90. The molecule has 0 spiro atoms. The van der Waals surface area contributed by atoms with Crippen LogP contribution < -0.4 is 5.32 Å². The molecule has 0 aromatic heterocycles. The summed E-state index contributed by atoms with van der Waals surface area (Å²) in [5, 5.41) is 11.2. The number of carbonyl (C=O) groups is 2. The van der Waals surface area contributed by atoms with Crippen LogP contribution in [-0.2, 0) is 4.79 Å². The molecule has 2 amide bonds. The molecule has 1 heterocycles. The number of nitrogens with zero attached hydrogens (tertiary/aromatic N) is 2. The van der Waals surface area contributed by atoms with Gasteiger partial charge in [-0.3, -0.25) is 4.79 Å². The SMILES string of the molecule is C[C@H](NC(=O)N1CCCC(N(C)C)C1)C(=O)O. The Morgan fingerprint density at radius 2 is 2.12 bits per heavy atom. The number of hydrogen-bond acceptors (Lipinski definition) is 3. The molecule has 0 aromatic carbocycles. The van der Waals surface area contributed by atoms with E-state index in [1.165, 1.54) is 6.92 Å². The van der Waals surface area contributed by atoms with E-state index in [0.29, 0.717) is 19.1 Å². The molecule has 6 heteroatoms. The van der Waals surface area contributed by atoms with Crippen LogP contribution in [0.2, 0.25) is 0 Å². The van der Waals surface area contributed by atoms with E-state index < -0.39 is 12.0 Å². The Hall–Kier alpha value is -1.30. The van der Waals surface area contributed by atoms with E-state index in [2.05, 4.69) is 10.2 Å². The van der Waals surface area contributed by atoms with E-state index in [4.69, 9.17) is 5.11 Å². The van der Waals surface area contributed by atoms with Gasteiger partial charge in [-0.05, 0) is 33.9 Å². The van der Waals surface area contributed by atoms with Crippen LogP contribution in [0.3, 0.4) is 0 Å². The third kappa shape index (κ3) is 3.89. The number of likely N-dealkylation sites (N-methyl/N-ethyl adjacent to an activating group) is 1. The molecule has 98 valence electrons. The molecule has 1 rings (SSSR count). The smallest absolute Gasteiger partial charge is 0.325 e. The summed E-state index contributed by atoms with van der Waals surface area (Å²) in [6, 6.07) is -0.775. The van der Waals surface area contributed by atoms with Crippen molar-refractivity contribution in [1.29, 1.82) is 0 Å². The zero-order valence-corrected chi connectivity index (χ0v) is 10.6. The van der Waals surface area contributed by atoms with E-state index in [9.17, 15) is 9.59 Å². The van der Waals surface area contributed by atoms with E-state index >= 15 is 0 Å². The molecule has 0 saturated carbocycles. The number of carboxylic acid groups (broad SMARTS) is 1. The standard InChI is InChI=1S/C11H21N3O3/c1-8(10(15)16)12-11(17)14-6-4-5-9(7-14)13(2)3/h8-9H,4-7H2,1-3H3,(H,12,17)(H,15,16)/t8-,9?/m0/s1. The molecule has 2 atom stereocenters. The van der Waals surface area contributed by atoms with Gasteiger partial charge < -0.3 is 20.2 Å². The van der Waals surface area contributed by atoms with Crippen LogP contribution in [0.4, 0.5) is 4.79 Å². The molecule has 1 fully saturated rings. The lowest BCUT2D eigenvalue weighted by Gasteiger charge is -2.36. The summed E-state index contributed by atoms with van der Waals surface area (Å²) in [4.78, 5) is 26.2. The average molecular weight is 243 g/mol. The fourth-order valence-electron chi connectivity index (χ4n) is 1.90. The molecule has 0 radical (unpaired) electrons. The maximum Gasteiger partial charge on any atom is 0.325 e. The second kappa shape index (κ2) is 5.86. The summed E-state index contributed by atoms with van der Waals surface area (Å²) >= 11 is 0. The third-order valence-electron chi connectivity index (χ3n) is 3.12. The van der Waals surface area contributed by atoms with Crippen LogP contribution in [0.15, 0.2) is 0 Å². The van der Waals surface area contributed by atoms with E-state index in [0.717, 1.165) is 12.8 Å². The first-order valence-corrected chi connectivity index (χ1v) is 5.86. The molecule has 0 bridgehead atoms. The van der Waals surface area contributed by atoms with Gasteiger partial charge in [0, 0.05) is 19.1 Å². The zero-order chi connectivity index (χ0) is 13.0. The van der Waals surface area contributed by atoms with Crippen LogP contribution in [0.1, 0.15) is 19.8 Å². The molecular formula is C11H21N3O3. The summed E-state index contributed by atoms with van der Waals surface area (Å²) in [5.41, 5.74) is 0. The highest BCUT2D eigenvalue weighted by Gasteiger charge is 2.26. The molecule has 1 unspecified atom stereocenters. The Labute approximate surface area is 102 Å². The average Bonchev–Trinajstić information content (AvgIpc) is 2.28. The summed E-state index contributed by atoms with van der Waals surface area (Å²) < 4.78 is 0. The van der Waals surface area contributed by atoms with Gasteiger partial charge in [0.05, 0.1) is 0 Å². The van der Waals surface area contributed by atoms with Crippen molar-refractivity contribution in [3.05, 3.63) is 0 Å².